The number of carbonyl (C=O) groups is 3. The molecule has 0 saturated carbocycles. The van der Waals surface area contributed by atoms with Crippen LogP contribution >= 0.6 is 0 Å². The van der Waals surface area contributed by atoms with Crippen LogP contribution in [0.2, 0.25) is 0 Å². The highest BCUT2D eigenvalue weighted by Crippen LogP contribution is 2.17. The molecule has 0 aromatic heterocycles. The number of esters is 3. The monoisotopic (exact) mass is 1080 g/mol. The summed E-state index contributed by atoms with van der Waals surface area (Å²) >= 11 is 0. The van der Waals surface area contributed by atoms with E-state index in [4.69, 9.17) is 14.2 Å². The van der Waals surface area contributed by atoms with Crippen LogP contribution in [0.5, 0.6) is 0 Å². The van der Waals surface area contributed by atoms with Crippen molar-refractivity contribution in [3.8, 4) is 0 Å². The van der Waals surface area contributed by atoms with Crippen molar-refractivity contribution in [2.24, 2.45) is 0 Å². The number of hydrogen-bond acceptors (Lipinski definition) is 6. The molecule has 0 amide bonds. The molecule has 0 aliphatic heterocycles. The van der Waals surface area contributed by atoms with E-state index in [-0.39, 0.29) is 31.1 Å². The third kappa shape index (κ3) is 64.1. The minimum atomic E-state index is -0.777. The van der Waals surface area contributed by atoms with Gasteiger partial charge in [0.1, 0.15) is 13.2 Å². The highest BCUT2D eigenvalue weighted by molar-refractivity contribution is 5.71. The minimum Gasteiger partial charge on any atom is -0.462 e. The maximum absolute atomic E-state index is 12.9. The smallest absolute Gasteiger partial charge is 0.306 e. The van der Waals surface area contributed by atoms with Crippen LogP contribution in [0.4, 0.5) is 0 Å². The lowest BCUT2D eigenvalue weighted by Gasteiger charge is -2.18. The van der Waals surface area contributed by atoms with Gasteiger partial charge in [-0.1, -0.05) is 294 Å². The highest BCUT2D eigenvalue weighted by atomic mass is 16.6. The van der Waals surface area contributed by atoms with E-state index in [0.29, 0.717) is 19.3 Å². The Morgan fingerprint density at radius 2 is 0.468 bits per heavy atom. The quantitative estimate of drug-likeness (QED) is 0.0261. The second-order valence-corrected chi connectivity index (χ2v) is 23.1. The van der Waals surface area contributed by atoms with Gasteiger partial charge in [-0.3, -0.25) is 14.4 Å². The Kier molecular flexibility index (Phi) is 63.6. The van der Waals surface area contributed by atoms with Crippen LogP contribution in [-0.4, -0.2) is 37.2 Å². The molecule has 0 aromatic rings. The van der Waals surface area contributed by atoms with Crippen LogP contribution < -0.4 is 0 Å². The van der Waals surface area contributed by atoms with E-state index < -0.39 is 6.10 Å². The van der Waals surface area contributed by atoms with Gasteiger partial charge in [0.2, 0.25) is 0 Å². The zero-order chi connectivity index (χ0) is 55.7. The van der Waals surface area contributed by atoms with Crippen LogP contribution in [0, 0.1) is 0 Å². The summed E-state index contributed by atoms with van der Waals surface area (Å²) in [5.41, 5.74) is 0. The normalized spacial score (nSPS) is 12.3. The first-order chi connectivity index (χ1) is 38.0. The van der Waals surface area contributed by atoms with Gasteiger partial charge in [-0.25, -0.2) is 0 Å². The van der Waals surface area contributed by atoms with E-state index in [1.807, 2.05) is 0 Å². The summed E-state index contributed by atoms with van der Waals surface area (Å²) in [4.78, 5) is 38.4. The van der Waals surface area contributed by atoms with E-state index in [1.165, 1.54) is 263 Å². The summed E-state index contributed by atoms with van der Waals surface area (Å²) in [5.74, 6) is -0.856. The number of rotatable bonds is 63. The van der Waals surface area contributed by atoms with Crippen molar-refractivity contribution in [2.45, 2.75) is 374 Å². The fraction of sp³-hybridized carbons (Fsp3) is 0.845. The topological polar surface area (TPSA) is 78.9 Å². The maximum atomic E-state index is 12.9. The Morgan fingerprint density at radius 1 is 0.260 bits per heavy atom. The molecule has 0 unspecified atom stereocenters. The molecule has 77 heavy (non-hydrogen) atoms. The molecule has 0 aliphatic carbocycles. The van der Waals surface area contributed by atoms with Gasteiger partial charge in [0.15, 0.2) is 6.10 Å². The third-order valence-electron chi connectivity index (χ3n) is 15.3. The van der Waals surface area contributed by atoms with Gasteiger partial charge in [-0.15, -0.1) is 0 Å². The standard InChI is InChI=1S/C71H130O6/c1-4-7-10-13-16-19-22-25-28-31-34-35-38-40-43-46-49-52-55-58-61-64-70(73)76-67-68(77-71(74)65-62-59-56-53-50-47-44-41-37-33-30-27-24-21-18-15-12-9-6-3)66-75-69(72)63-60-57-54-51-48-45-42-39-36-32-29-26-23-20-17-14-11-8-5-2/h18,21,25-30,68H,4-17,19-20,22-24,31-67H2,1-3H3/b21-18-,28-25-,29-26-,30-27-/t68-/m0/s1. The molecular formula is C71H130O6. The molecule has 0 aromatic carbocycles. The van der Waals surface area contributed by atoms with Gasteiger partial charge in [0, 0.05) is 19.3 Å². The molecule has 0 rings (SSSR count). The molecule has 6 nitrogen and oxygen atoms in total. The van der Waals surface area contributed by atoms with Crippen LogP contribution in [0.25, 0.3) is 0 Å². The number of ether oxygens (including phenoxy) is 3. The highest BCUT2D eigenvalue weighted by Gasteiger charge is 2.19. The van der Waals surface area contributed by atoms with Crippen molar-refractivity contribution < 1.29 is 28.6 Å². The fourth-order valence-electron chi connectivity index (χ4n) is 10.1. The summed E-state index contributed by atoms with van der Waals surface area (Å²) in [6.07, 6.45) is 82.6. The zero-order valence-electron chi connectivity index (χ0n) is 51.7. The molecule has 0 saturated heterocycles. The van der Waals surface area contributed by atoms with Crippen LogP contribution in [0.15, 0.2) is 48.6 Å². The molecule has 450 valence electrons. The first-order valence-corrected chi connectivity index (χ1v) is 34.1. The Balaban J connectivity index is 4.34. The van der Waals surface area contributed by atoms with E-state index >= 15 is 0 Å². The van der Waals surface area contributed by atoms with Crippen LogP contribution in [0.1, 0.15) is 367 Å². The van der Waals surface area contributed by atoms with Gasteiger partial charge < -0.3 is 14.2 Å². The lowest BCUT2D eigenvalue weighted by Crippen LogP contribution is -2.30. The lowest BCUT2D eigenvalue weighted by molar-refractivity contribution is -0.167. The van der Waals surface area contributed by atoms with E-state index in [1.54, 1.807) is 0 Å². The number of allylic oxidation sites excluding steroid dienone is 8. The third-order valence-corrected chi connectivity index (χ3v) is 15.3. The van der Waals surface area contributed by atoms with Crippen molar-refractivity contribution >= 4 is 17.9 Å². The predicted molar refractivity (Wildman–Crippen MR) is 335 cm³/mol. The summed E-state index contributed by atoms with van der Waals surface area (Å²) in [6, 6.07) is 0. The fourth-order valence-corrected chi connectivity index (χ4v) is 10.1. The van der Waals surface area contributed by atoms with Gasteiger partial charge in [0.25, 0.3) is 0 Å². The average molecular weight is 1080 g/mol. The van der Waals surface area contributed by atoms with Gasteiger partial charge >= 0.3 is 17.9 Å². The van der Waals surface area contributed by atoms with Gasteiger partial charge in [-0.05, 0) is 103 Å². The van der Waals surface area contributed by atoms with Gasteiger partial charge in [-0.2, -0.15) is 0 Å². The number of unbranched alkanes of at least 4 members (excludes halogenated alkanes) is 44. The molecule has 0 bridgehead atoms. The van der Waals surface area contributed by atoms with E-state index in [0.717, 1.165) is 64.2 Å². The van der Waals surface area contributed by atoms with Crippen molar-refractivity contribution in [3.05, 3.63) is 48.6 Å². The van der Waals surface area contributed by atoms with Crippen molar-refractivity contribution in [2.75, 3.05) is 13.2 Å². The average Bonchev–Trinajstić information content (AvgIpc) is 3.43. The van der Waals surface area contributed by atoms with Crippen molar-refractivity contribution in [3.63, 3.8) is 0 Å². The molecule has 6 heteroatoms. The Labute approximate surface area is 479 Å². The molecule has 1 atom stereocenters. The Hall–Kier alpha value is -2.63. The number of hydrogen-bond donors (Lipinski definition) is 0. The molecule has 0 fully saturated rings. The first kappa shape index (κ1) is 74.4. The second-order valence-electron chi connectivity index (χ2n) is 23.1. The van der Waals surface area contributed by atoms with Crippen LogP contribution in [0.3, 0.4) is 0 Å². The summed E-state index contributed by atoms with van der Waals surface area (Å²) in [7, 11) is 0. The molecule has 0 radical (unpaired) electrons. The Morgan fingerprint density at radius 3 is 0.753 bits per heavy atom. The van der Waals surface area contributed by atoms with Gasteiger partial charge in [0.05, 0.1) is 0 Å². The number of carbonyl (C=O) groups excluding carboxylic acids is 3. The van der Waals surface area contributed by atoms with E-state index in [2.05, 4.69) is 69.4 Å². The lowest BCUT2D eigenvalue weighted by atomic mass is 10.0. The molecule has 0 heterocycles. The SMILES string of the molecule is CCCCC/C=C\C/C=C\CCCCCCCCCCCC(=O)O[C@@H](COC(=O)CCCCCCCCCCC/C=C\CCCCCCCC)COC(=O)CCCCCCCCCCCCC/C=C\CCCCCCCC. The van der Waals surface area contributed by atoms with Crippen LogP contribution in [-0.2, 0) is 28.6 Å². The summed E-state index contributed by atoms with van der Waals surface area (Å²) in [5, 5.41) is 0. The first-order valence-electron chi connectivity index (χ1n) is 34.1. The molecule has 0 aliphatic rings. The van der Waals surface area contributed by atoms with Crippen molar-refractivity contribution in [1.29, 1.82) is 0 Å². The molecule has 0 N–H and O–H groups in total. The zero-order valence-corrected chi connectivity index (χ0v) is 51.7. The second kappa shape index (κ2) is 65.9. The summed E-state index contributed by atoms with van der Waals surface area (Å²) < 4.78 is 17.0. The maximum Gasteiger partial charge on any atom is 0.306 e. The summed E-state index contributed by atoms with van der Waals surface area (Å²) in [6.45, 7) is 6.66. The molecule has 0 spiro atoms. The predicted octanol–water partition coefficient (Wildman–Crippen LogP) is 23.3. The largest absolute Gasteiger partial charge is 0.462 e. The van der Waals surface area contributed by atoms with E-state index in [9.17, 15) is 14.4 Å². The Bertz CT molecular complexity index is 1330. The molecular weight excluding hydrogens is 949 g/mol. The van der Waals surface area contributed by atoms with Crippen molar-refractivity contribution in [1.82, 2.24) is 0 Å². The minimum absolute atomic E-state index is 0.0728.